The van der Waals surface area contributed by atoms with E-state index in [9.17, 15) is 0 Å². The maximum Gasteiger partial charge on any atom is 0.0554 e. The van der Waals surface area contributed by atoms with Crippen molar-refractivity contribution in [1.82, 2.24) is 0 Å². The third-order valence-corrected chi connectivity index (χ3v) is 14.0. The first-order chi connectivity index (χ1) is 33.2. The number of fused-ring (bicyclic) bond motifs is 4. The zero-order chi connectivity index (χ0) is 44.5. The molecule has 0 aliphatic carbocycles. The van der Waals surface area contributed by atoms with Crippen molar-refractivity contribution in [3.8, 4) is 44.5 Å². The Morgan fingerprint density at radius 1 is 0.239 bits per heavy atom. The van der Waals surface area contributed by atoms with Crippen LogP contribution in [0.1, 0.15) is 0 Å². The van der Waals surface area contributed by atoms with Gasteiger partial charge in [-0.15, -0.1) is 11.3 Å². The van der Waals surface area contributed by atoms with Crippen LogP contribution in [0.25, 0.3) is 75.5 Å². The van der Waals surface area contributed by atoms with Crippen molar-refractivity contribution in [2.24, 2.45) is 0 Å². The van der Waals surface area contributed by atoms with E-state index in [4.69, 9.17) is 0 Å². The van der Waals surface area contributed by atoms with Crippen molar-refractivity contribution in [2.45, 2.75) is 0 Å². The fourth-order valence-electron chi connectivity index (χ4n) is 9.51. The van der Waals surface area contributed by atoms with E-state index in [2.05, 4.69) is 277 Å². The molecule has 0 radical (unpaired) electrons. The third-order valence-electron chi connectivity index (χ3n) is 12.8. The van der Waals surface area contributed by atoms with Crippen LogP contribution in [0.3, 0.4) is 0 Å². The van der Waals surface area contributed by atoms with Crippen LogP contribution >= 0.6 is 11.3 Å². The highest BCUT2D eigenvalue weighted by Crippen LogP contribution is 2.48. The van der Waals surface area contributed by atoms with Crippen molar-refractivity contribution in [3.63, 3.8) is 0 Å². The summed E-state index contributed by atoms with van der Waals surface area (Å²) in [5.74, 6) is 0. The van der Waals surface area contributed by atoms with Gasteiger partial charge in [-0.1, -0.05) is 188 Å². The van der Waals surface area contributed by atoms with Gasteiger partial charge in [-0.05, 0) is 134 Å². The molecule has 0 spiro atoms. The Labute approximate surface area is 395 Å². The van der Waals surface area contributed by atoms with Gasteiger partial charge in [0.1, 0.15) is 0 Å². The second-order valence-corrected chi connectivity index (χ2v) is 18.0. The second-order valence-electron chi connectivity index (χ2n) is 17.0. The van der Waals surface area contributed by atoms with Crippen LogP contribution in [0.2, 0.25) is 0 Å². The van der Waals surface area contributed by atoms with E-state index in [0.717, 1.165) is 45.3 Å². The van der Waals surface area contributed by atoms with Crippen LogP contribution in [0.5, 0.6) is 0 Å². The highest BCUT2D eigenvalue weighted by molar-refractivity contribution is 7.26. The Morgan fingerprint density at radius 3 is 1.24 bits per heavy atom. The van der Waals surface area contributed by atoms with Gasteiger partial charge in [0.2, 0.25) is 0 Å². The van der Waals surface area contributed by atoms with Crippen molar-refractivity contribution in [1.29, 1.82) is 0 Å². The van der Waals surface area contributed by atoms with Crippen LogP contribution in [-0.2, 0) is 0 Å². The van der Waals surface area contributed by atoms with Gasteiger partial charge in [0, 0.05) is 48.6 Å². The quantitative estimate of drug-likeness (QED) is 0.135. The number of thiophene rings is 1. The Bertz CT molecular complexity index is 3570. The van der Waals surface area contributed by atoms with E-state index in [1.54, 1.807) is 0 Å². The fourth-order valence-corrected chi connectivity index (χ4v) is 10.6. The van der Waals surface area contributed by atoms with Crippen LogP contribution in [0.4, 0.5) is 34.1 Å². The predicted molar refractivity (Wildman–Crippen MR) is 288 cm³/mol. The maximum atomic E-state index is 2.47. The smallest absolute Gasteiger partial charge is 0.0554 e. The summed E-state index contributed by atoms with van der Waals surface area (Å²) >= 11 is 1.85. The first-order valence-corrected chi connectivity index (χ1v) is 23.6. The molecule has 1 heterocycles. The lowest BCUT2D eigenvalue weighted by molar-refractivity contribution is 1.26. The SMILES string of the molecule is c1ccc(-c2ccc(N(c3ccc(-c4ccccc4)cc3)c3cc(-c4ccc5ccccc5c4)cc(N(c4ccc(-c5ccccc5)cc4)c4cccc5sc6ccccc6c45)c3)cc2)cc1. The minimum absolute atomic E-state index is 1.05. The molecule has 0 saturated heterocycles. The highest BCUT2D eigenvalue weighted by Gasteiger charge is 2.23. The van der Waals surface area contributed by atoms with E-state index in [1.807, 2.05) is 11.3 Å². The molecule has 0 saturated carbocycles. The molecule has 11 aromatic carbocycles. The van der Waals surface area contributed by atoms with Gasteiger partial charge in [0.05, 0.1) is 5.69 Å². The lowest BCUT2D eigenvalue weighted by Gasteiger charge is -2.31. The van der Waals surface area contributed by atoms with E-state index in [1.165, 1.54) is 64.3 Å². The van der Waals surface area contributed by atoms with Gasteiger partial charge in [0.15, 0.2) is 0 Å². The molecule has 0 unspecified atom stereocenters. The van der Waals surface area contributed by atoms with Crippen LogP contribution in [0.15, 0.2) is 267 Å². The molecule has 0 aliphatic rings. The summed E-state index contributed by atoms with van der Waals surface area (Å²) in [6.45, 7) is 0. The van der Waals surface area contributed by atoms with E-state index in [-0.39, 0.29) is 0 Å². The molecule has 0 N–H and O–H groups in total. The van der Waals surface area contributed by atoms with Crippen molar-refractivity contribution < 1.29 is 0 Å². The molecule has 12 rings (SSSR count). The summed E-state index contributed by atoms with van der Waals surface area (Å²) in [6, 6.07) is 97.1. The normalized spacial score (nSPS) is 11.3. The number of anilines is 6. The van der Waals surface area contributed by atoms with Gasteiger partial charge in [-0.2, -0.15) is 0 Å². The Kier molecular flexibility index (Phi) is 10.4. The molecule has 3 heteroatoms. The molecule has 12 aromatic rings. The Balaban J connectivity index is 1.11. The summed E-state index contributed by atoms with van der Waals surface area (Å²) in [7, 11) is 0. The average Bonchev–Trinajstić information content (AvgIpc) is 3.80. The van der Waals surface area contributed by atoms with Crippen LogP contribution < -0.4 is 9.80 Å². The van der Waals surface area contributed by atoms with E-state index in [0.29, 0.717) is 0 Å². The average molecular weight is 873 g/mol. The van der Waals surface area contributed by atoms with Crippen molar-refractivity contribution >= 4 is 76.4 Å². The zero-order valence-electron chi connectivity index (χ0n) is 36.7. The highest BCUT2D eigenvalue weighted by atomic mass is 32.1. The molecule has 0 fully saturated rings. The molecular weight excluding hydrogens is 829 g/mol. The predicted octanol–water partition coefficient (Wildman–Crippen LogP) is 18.8. The van der Waals surface area contributed by atoms with Gasteiger partial charge in [-0.3, -0.25) is 0 Å². The van der Waals surface area contributed by atoms with Gasteiger partial charge in [-0.25, -0.2) is 0 Å². The zero-order valence-corrected chi connectivity index (χ0v) is 37.5. The summed E-state index contributed by atoms with van der Waals surface area (Å²) in [4.78, 5) is 4.88. The first kappa shape index (κ1) is 40.0. The summed E-state index contributed by atoms with van der Waals surface area (Å²) in [5, 5.41) is 4.93. The van der Waals surface area contributed by atoms with Gasteiger partial charge >= 0.3 is 0 Å². The number of nitrogens with zero attached hydrogens (tertiary/aromatic N) is 2. The summed E-state index contributed by atoms with van der Waals surface area (Å²) < 4.78 is 2.54. The topological polar surface area (TPSA) is 6.48 Å². The molecule has 1 aromatic heterocycles. The largest absolute Gasteiger partial charge is 0.310 e. The Morgan fingerprint density at radius 2 is 0.672 bits per heavy atom. The molecule has 2 nitrogen and oxygen atoms in total. The minimum Gasteiger partial charge on any atom is -0.310 e. The standard InChI is InChI=1S/C64H44N2S/c1-4-15-45(16-5-1)49-29-35-55(36-30-49)65(56-37-31-50(32-38-56)46-17-6-2-7-18-46)58-42-54(53-28-27-48-21-10-11-22-52(48)41-53)43-59(44-58)66(57-39-33-51(34-40-57)47-19-8-3-9-20-47)61-24-14-26-63-64(61)60-23-12-13-25-62(60)67-63/h1-44H. The number of benzene rings is 11. The molecule has 67 heavy (non-hydrogen) atoms. The fraction of sp³-hybridized carbons (Fsp3) is 0. The van der Waals surface area contributed by atoms with Crippen molar-refractivity contribution in [3.05, 3.63) is 267 Å². The lowest BCUT2D eigenvalue weighted by Crippen LogP contribution is -2.14. The number of rotatable bonds is 10. The van der Waals surface area contributed by atoms with Gasteiger partial charge in [0.25, 0.3) is 0 Å². The number of hydrogen-bond donors (Lipinski definition) is 0. The summed E-state index contributed by atoms with van der Waals surface area (Å²) in [5.41, 5.74) is 15.8. The Hall–Kier alpha value is -8.50. The maximum absolute atomic E-state index is 2.47. The summed E-state index contributed by atoms with van der Waals surface area (Å²) in [6.07, 6.45) is 0. The van der Waals surface area contributed by atoms with Crippen molar-refractivity contribution in [2.75, 3.05) is 9.80 Å². The molecule has 0 bridgehead atoms. The third kappa shape index (κ3) is 7.82. The number of hydrogen-bond acceptors (Lipinski definition) is 3. The first-order valence-electron chi connectivity index (χ1n) is 22.8. The molecule has 316 valence electrons. The lowest BCUT2D eigenvalue weighted by atomic mass is 9.98. The molecule has 0 aliphatic heterocycles. The van der Waals surface area contributed by atoms with E-state index < -0.39 is 0 Å². The van der Waals surface area contributed by atoms with Crippen LogP contribution in [0, 0.1) is 0 Å². The minimum atomic E-state index is 1.05. The van der Waals surface area contributed by atoms with Gasteiger partial charge < -0.3 is 9.80 Å². The molecule has 0 atom stereocenters. The van der Waals surface area contributed by atoms with Crippen LogP contribution in [-0.4, -0.2) is 0 Å². The second kappa shape index (κ2) is 17.5. The molecule has 0 amide bonds. The molecular formula is C64H44N2S. The monoisotopic (exact) mass is 872 g/mol. The van der Waals surface area contributed by atoms with E-state index >= 15 is 0 Å².